The molecule has 33 heavy (non-hydrogen) atoms. The first-order valence-corrected chi connectivity index (χ1v) is 13.0. The van der Waals surface area contributed by atoms with Crippen LogP contribution in [-0.4, -0.2) is 68.3 Å². The van der Waals surface area contributed by atoms with Crippen molar-refractivity contribution >= 4 is 0 Å². The molecular formula is C26H39N5O2. The Morgan fingerprint density at radius 2 is 1.61 bits per heavy atom. The van der Waals surface area contributed by atoms with Crippen LogP contribution in [0.4, 0.5) is 0 Å². The lowest BCUT2D eigenvalue weighted by molar-refractivity contribution is 0.0581. The molecule has 3 heterocycles. The second kappa shape index (κ2) is 10.0. The fourth-order valence-electron chi connectivity index (χ4n) is 5.95. The van der Waals surface area contributed by atoms with E-state index in [0.29, 0.717) is 30.1 Å². The van der Waals surface area contributed by atoms with Crippen LogP contribution in [-0.2, 0) is 0 Å². The normalized spacial score (nSPS) is 25.7. The molecule has 2 aromatic rings. The molecule has 2 aliphatic carbocycles. The van der Waals surface area contributed by atoms with Gasteiger partial charge in [0.15, 0.2) is 0 Å². The molecule has 0 spiro atoms. The van der Waals surface area contributed by atoms with E-state index in [1.54, 1.807) is 10.8 Å². The maximum absolute atomic E-state index is 13.2. The first-order chi connectivity index (χ1) is 16.1. The van der Waals surface area contributed by atoms with Crippen LogP contribution in [0.2, 0.25) is 0 Å². The average Bonchev–Trinajstić information content (AvgIpc) is 3.49. The second-order valence-corrected chi connectivity index (χ2v) is 10.4. The van der Waals surface area contributed by atoms with Gasteiger partial charge in [-0.05, 0) is 71.3 Å². The monoisotopic (exact) mass is 453 g/mol. The Morgan fingerprint density at radius 1 is 0.909 bits per heavy atom. The molecule has 0 amide bonds. The van der Waals surface area contributed by atoms with Crippen LogP contribution < -0.4 is 10.4 Å². The summed E-state index contributed by atoms with van der Waals surface area (Å²) in [6.07, 6.45) is 15.1. The van der Waals surface area contributed by atoms with Crippen LogP contribution in [0.15, 0.2) is 35.5 Å². The highest BCUT2D eigenvalue weighted by Gasteiger charge is 2.30. The summed E-state index contributed by atoms with van der Waals surface area (Å²) in [5, 5.41) is 0. The molecule has 0 aromatic carbocycles. The molecule has 2 aromatic heterocycles. The topological polar surface area (TPSA) is 55.5 Å². The van der Waals surface area contributed by atoms with Gasteiger partial charge in [-0.1, -0.05) is 0 Å². The Bertz CT molecular complexity index is 944. The zero-order chi connectivity index (χ0) is 22.8. The van der Waals surface area contributed by atoms with Gasteiger partial charge < -0.3 is 4.74 Å². The first kappa shape index (κ1) is 22.7. The second-order valence-electron chi connectivity index (χ2n) is 10.4. The molecule has 180 valence electrons. The summed E-state index contributed by atoms with van der Waals surface area (Å²) in [6, 6.07) is 5.44. The quantitative estimate of drug-likeness (QED) is 0.665. The van der Waals surface area contributed by atoms with E-state index >= 15 is 0 Å². The predicted octanol–water partition coefficient (Wildman–Crippen LogP) is 3.87. The van der Waals surface area contributed by atoms with Crippen LogP contribution in [0.3, 0.4) is 0 Å². The SMILES string of the molecule is CC(C)N1CCN(C2CCC(n3ccn(-c4ccc(OC5CCCC5)nc4)c3=O)CC2)CC1. The minimum atomic E-state index is 0.0373. The number of hydrogen-bond acceptors (Lipinski definition) is 5. The van der Waals surface area contributed by atoms with Crippen molar-refractivity contribution < 1.29 is 4.74 Å². The highest BCUT2D eigenvalue weighted by molar-refractivity contribution is 5.31. The molecule has 0 N–H and O–H groups in total. The van der Waals surface area contributed by atoms with Gasteiger partial charge in [-0.2, -0.15) is 0 Å². The van der Waals surface area contributed by atoms with Gasteiger partial charge in [-0.15, -0.1) is 0 Å². The van der Waals surface area contributed by atoms with Crippen LogP contribution in [0.1, 0.15) is 71.3 Å². The van der Waals surface area contributed by atoms with Crippen molar-refractivity contribution in [1.82, 2.24) is 23.9 Å². The lowest BCUT2D eigenvalue weighted by Gasteiger charge is -2.43. The van der Waals surface area contributed by atoms with Crippen LogP contribution in [0.5, 0.6) is 5.88 Å². The fourth-order valence-corrected chi connectivity index (χ4v) is 5.95. The standard InChI is InChI=1S/C26H39N5O2/c1-20(2)28-13-15-29(16-14-28)21-7-9-22(10-8-21)30-17-18-31(26(30)32)23-11-12-25(27-19-23)33-24-5-3-4-6-24/h11-12,17-22,24H,3-10,13-16H2,1-2H3. The molecule has 0 bridgehead atoms. The predicted molar refractivity (Wildman–Crippen MR) is 130 cm³/mol. The van der Waals surface area contributed by atoms with E-state index in [2.05, 4.69) is 28.6 Å². The summed E-state index contributed by atoms with van der Waals surface area (Å²) in [5.41, 5.74) is 0.837. The van der Waals surface area contributed by atoms with Gasteiger partial charge in [0.1, 0.15) is 6.10 Å². The van der Waals surface area contributed by atoms with Crippen molar-refractivity contribution in [3.63, 3.8) is 0 Å². The third-order valence-electron chi connectivity index (χ3n) is 8.05. The van der Waals surface area contributed by atoms with Gasteiger partial charge in [-0.25, -0.2) is 9.78 Å². The number of piperazine rings is 1. The summed E-state index contributed by atoms with van der Waals surface area (Å²) in [6.45, 7) is 9.30. The lowest BCUT2D eigenvalue weighted by atomic mass is 9.89. The van der Waals surface area contributed by atoms with E-state index in [-0.39, 0.29) is 5.69 Å². The number of rotatable bonds is 6. The van der Waals surface area contributed by atoms with E-state index in [4.69, 9.17) is 4.74 Å². The molecule has 0 atom stereocenters. The van der Waals surface area contributed by atoms with E-state index < -0.39 is 0 Å². The third-order valence-corrected chi connectivity index (χ3v) is 8.05. The smallest absolute Gasteiger partial charge is 0.333 e. The van der Waals surface area contributed by atoms with Gasteiger partial charge in [0.2, 0.25) is 5.88 Å². The highest BCUT2D eigenvalue weighted by atomic mass is 16.5. The molecule has 5 rings (SSSR count). The molecule has 7 heteroatoms. The van der Waals surface area contributed by atoms with Crippen molar-refractivity contribution in [3.8, 4) is 11.6 Å². The Labute approximate surface area is 197 Å². The van der Waals surface area contributed by atoms with Gasteiger partial charge in [0.25, 0.3) is 0 Å². The molecule has 2 saturated carbocycles. The molecule has 0 unspecified atom stereocenters. The van der Waals surface area contributed by atoms with Crippen molar-refractivity contribution in [2.45, 2.75) is 89.4 Å². The van der Waals surface area contributed by atoms with Gasteiger partial charge in [-0.3, -0.25) is 18.9 Å². The summed E-state index contributed by atoms with van der Waals surface area (Å²) in [7, 11) is 0. The summed E-state index contributed by atoms with van der Waals surface area (Å²) in [5.74, 6) is 0.658. The van der Waals surface area contributed by atoms with Crippen molar-refractivity contribution in [2.75, 3.05) is 26.2 Å². The number of imidazole rings is 1. The van der Waals surface area contributed by atoms with Crippen molar-refractivity contribution in [2.24, 2.45) is 0 Å². The fraction of sp³-hybridized carbons (Fsp3) is 0.692. The largest absolute Gasteiger partial charge is 0.474 e. The molecule has 7 nitrogen and oxygen atoms in total. The van der Waals surface area contributed by atoms with Crippen molar-refractivity contribution in [3.05, 3.63) is 41.2 Å². The number of pyridine rings is 1. The zero-order valence-electron chi connectivity index (χ0n) is 20.2. The minimum absolute atomic E-state index is 0.0373. The zero-order valence-corrected chi connectivity index (χ0v) is 20.2. The Kier molecular flexibility index (Phi) is 6.88. The number of aromatic nitrogens is 3. The van der Waals surface area contributed by atoms with E-state index in [0.717, 1.165) is 31.4 Å². The average molecular weight is 454 g/mol. The first-order valence-electron chi connectivity index (χ1n) is 13.0. The Morgan fingerprint density at radius 3 is 2.24 bits per heavy atom. The lowest BCUT2D eigenvalue weighted by Crippen LogP contribution is -2.52. The molecular weight excluding hydrogens is 414 g/mol. The van der Waals surface area contributed by atoms with E-state index in [1.807, 2.05) is 29.1 Å². The number of nitrogens with zero attached hydrogens (tertiary/aromatic N) is 5. The maximum atomic E-state index is 13.2. The molecule has 3 fully saturated rings. The van der Waals surface area contributed by atoms with Crippen LogP contribution in [0.25, 0.3) is 5.69 Å². The summed E-state index contributed by atoms with van der Waals surface area (Å²) in [4.78, 5) is 22.9. The number of ether oxygens (including phenoxy) is 1. The molecule has 0 radical (unpaired) electrons. The van der Waals surface area contributed by atoms with E-state index in [9.17, 15) is 4.79 Å². The van der Waals surface area contributed by atoms with Crippen molar-refractivity contribution in [1.29, 1.82) is 0 Å². The Hall–Kier alpha value is -2.12. The van der Waals surface area contributed by atoms with Gasteiger partial charge in [0.05, 0.1) is 11.9 Å². The maximum Gasteiger partial charge on any atom is 0.333 e. The number of hydrogen-bond donors (Lipinski definition) is 0. The third kappa shape index (κ3) is 5.04. The Balaban J connectivity index is 1.17. The minimum Gasteiger partial charge on any atom is -0.474 e. The molecule has 1 saturated heterocycles. The molecule has 3 aliphatic rings. The van der Waals surface area contributed by atoms with Crippen LogP contribution >= 0.6 is 0 Å². The van der Waals surface area contributed by atoms with Gasteiger partial charge in [0, 0.05) is 62.8 Å². The summed E-state index contributed by atoms with van der Waals surface area (Å²) < 4.78 is 9.62. The summed E-state index contributed by atoms with van der Waals surface area (Å²) >= 11 is 0. The van der Waals surface area contributed by atoms with Gasteiger partial charge >= 0.3 is 5.69 Å². The highest BCUT2D eigenvalue weighted by Crippen LogP contribution is 2.31. The molecule has 1 aliphatic heterocycles. The van der Waals surface area contributed by atoms with Crippen LogP contribution in [0, 0.1) is 0 Å². The van der Waals surface area contributed by atoms with E-state index in [1.165, 1.54) is 51.9 Å².